The lowest BCUT2D eigenvalue weighted by atomic mass is 10.1. The fourth-order valence-electron chi connectivity index (χ4n) is 2.11. The Bertz CT molecular complexity index is 401. The van der Waals surface area contributed by atoms with Gasteiger partial charge in [-0.1, -0.05) is 29.8 Å². The highest BCUT2D eigenvalue weighted by Crippen LogP contribution is 2.07. The standard InChI is InChI=1S/C14H20N2O2/c1-11-3-2-4-12(9-11)10-14(17)16-18-13-5-7-15-8-6-13/h2-4,9,13,15H,5-8,10H2,1H3,(H,16,17). The molecule has 2 N–H and O–H groups in total. The second-order valence-corrected chi connectivity index (χ2v) is 4.76. The van der Waals surface area contributed by atoms with Crippen molar-refractivity contribution in [2.24, 2.45) is 0 Å². The molecule has 1 aliphatic rings. The molecule has 1 heterocycles. The van der Waals surface area contributed by atoms with Crippen LogP contribution in [0.4, 0.5) is 0 Å². The van der Waals surface area contributed by atoms with Crippen molar-refractivity contribution in [2.75, 3.05) is 13.1 Å². The van der Waals surface area contributed by atoms with E-state index in [1.54, 1.807) is 0 Å². The molecule has 4 nitrogen and oxygen atoms in total. The molecule has 0 aliphatic carbocycles. The van der Waals surface area contributed by atoms with Gasteiger partial charge in [-0.3, -0.25) is 9.63 Å². The number of hydrogen-bond donors (Lipinski definition) is 2. The summed E-state index contributed by atoms with van der Waals surface area (Å²) in [5.74, 6) is -0.0841. The number of carbonyl (C=O) groups excluding carboxylic acids is 1. The SMILES string of the molecule is Cc1cccc(CC(=O)NOC2CCNCC2)c1. The average Bonchev–Trinajstić information content (AvgIpc) is 2.38. The summed E-state index contributed by atoms with van der Waals surface area (Å²) in [5.41, 5.74) is 4.74. The minimum atomic E-state index is -0.0841. The van der Waals surface area contributed by atoms with Crippen molar-refractivity contribution in [3.8, 4) is 0 Å². The van der Waals surface area contributed by atoms with Gasteiger partial charge in [-0.2, -0.15) is 0 Å². The van der Waals surface area contributed by atoms with E-state index in [-0.39, 0.29) is 12.0 Å². The van der Waals surface area contributed by atoms with Crippen LogP contribution in [-0.2, 0) is 16.1 Å². The van der Waals surface area contributed by atoms with Crippen LogP contribution in [0.5, 0.6) is 0 Å². The van der Waals surface area contributed by atoms with E-state index < -0.39 is 0 Å². The van der Waals surface area contributed by atoms with Gasteiger partial charge in [0.1, 0.15) is 0 Å². The summed E-state index contributed by atoms with van der Waals surface area (Å²) in [7, 11) is 0. The lowest BCUT2D eigenvalue weighted by Gasteiger charge is -2.22. The quantitative estimate of drug-likeness (QED) is 0.791. The van der Waals surface area contributed by atoms with E-state index >= 15 is 0 Å². The van der Waals surface area contributed by atoms with Crippen molar-refractivity contribution < 1.29 is 9.63 Å². The second kappa shape index (κ2) is 6.52. The van der Waals surface area contributed by atoms with Crippen molar-refractivity contribution >= 4 is 5.91 Å². The van der Waals surface area contributed by atoms with Gasteiger partial charge in [0.25, 0.3) is 0 Å². The van der Waals surface area contributed by atoms with Gasteiger partial charge in [-0.25, -0.2) is 5.48 Å². The number of piperidine rings is 1. The Morgan fingerprint density at radius 2 is 2.22 bits per heavy atom. The summed E-state index contributed by atoms with van der Waals surface area (Å²) < 4.78 is 0. The van der Waals surface area contributed by atoms with Gasteiger partial charge in [-0.05, 0) is 38.4 Å². The zero-order valence-electron chi connectivity index (χ0n) is 10.7. The first-order valence-electron chi connectivity index (χ1n) is 6.45. The third kappa shape index (κ3) is 4.13. The number of amides is 1. The number of hydrogen-bond acceptors (Lipinski definition) is 3. The van der Waals surface area contributed by atoms with Crippen molar-refractivity contribution in [3.05, 3.63) is 35.4 Å². The Balaban J connectivity index is 1.74. The van der Waals surface area contributed by atoms with E-state index in [0.717, 1.165) is 31.5 Å². The summed E-state index contributed by atoms with van der Waals surface area (Å²) in [5, 5.41) is 3.26. The molecule has 1 amide bonds. The van der Waals surface area contributed by atoms with Gasteiger partial charge in [-0.15, -0.1) is 0 Å². The largest absolute Gasteiger partial charge is 0.317 e. The van der Waals surface area contributed by atoms with Crippen LogP contribution in [0.15, 0.2) is 24.3 Å². The maximum absolute atomic E-state index is 11.7. The minimum Gasteiger partial charge on any atom is -0.317 e. The summed E-state index contributed by atoms with van der Waals surface area (Å²) in [4.78, 5) is 17.1. The number of carbonyl (C=O) groups is 1. The molecular weight excluding hydrogens is 228 g/mol. The molecule has 0 spiro atoms. The summed E-state index contributed by atoms with van der Waals surface area (Å²) in [6.45, 7) is 3.93. The van der Waals surface area contributed by atoms with Crippen LogP contribution in [-0.4, -0.2) is 25.1 Å². The summed E-state index contributed by atoms with van der Waals surface area (Å²) in [6, 6.07) is 7.96. The minimum absolute atomic E-state index is 0.0841. The predicted molar refractivity (Wildman–Crippen MR) is 70.0 cm³/mol. The Morgan fingerprint density at radius 3 is 2.94 bits per heavy atom. The smallest absolute Gasteiger partial charge is 0.247 e. The maximum Gasteiger partial charge on any atom is 0.247 e. The van der Waals surface area contributed by atoms with E-state index in [9.17, 15) is 4.79 Å². The molecule has 0 aromatic heterocycles. The zero-order chi connectivity index (χ0) is 12.8. The molecule has 18 heavy (non-hydrogen) atoms. The molecular formula is C14H20N2O2. The highest BCUT2D eigenvalue weighted by molar-refractivity contribution is 5.77. The fourth-order valence-corrected chi connectivity index (χ4v) is 2.11. The van der Waals surface area contributed by atoms with Gasteiger partial charge in [0.15, 0.2) is 0 Å². The van der Waals surface area contributed by atoms with E-state index in [1.807, 2.05) is 31.2 Å². The molecule has 1 aromatic rings. The summed E-state index contributed by atoms with van der Waals surface area (Å²) >= 11 is 0. The molecule has 1 aliphatic heterocycles. The third-order valence-electron chi connectivity index (χ3n) is 3.07. The van der Waals surface area contributed by atoms with Crippen LogP contribution in [0.1, 0.15) is 24.0 Å². The molecule has 2 rings (SSSR count). The first kappa shape index (κ1) is 13.1. The van der Waals surface area contributed by atoms with Crippen LogP contribution < -0.4 is 10.8 Å². The molecule has 1 aromatic carbocycles. The number of nitrogens with one attached hydrogen (secondary N) is 2. The normalized spacial score (nSPS) is 16.5. The molecule has 98 valence electrons. The van der Waals surface area contributed by atoms with Crippen molar-refractivity contribution in [1.29, 1.82) is 0 Å². The first-order chi connectivity index (χ1) is 8.74. The Labute approximate surface area is 108 Å². The van der Waals surface area contributed by atoms with Gasteiger partial charge < -0.3 is 5.32 Å². The van der Waals surface area contributed by atoms with E-state index in [0.29, 0.717) is 6.42 Å². The molecule has 1 fully saturated rings. The predicted octanol–water partition coefficient (Wildman–Crippen LogP) is 1.34. The van der Waals surface area contributed by atoms with Gasteiger partial charge in [0.2, 0.25) is 5.91 Å². The molecule has 0 unspecified atom stereocenters. The highest BCUT2D eigenvalue weighted by Gasteiger charge is 2.14. The van der Waals surface area contributed by atoms with Crippen LogP contribution in [0.3, 0.4) is 0 Å². The van der Waals surface area contributed by atoms with E-state index in [1.165, 1.54) is 5.56 Å². The molecule has 1 saturated heterocycles. The fraction of sp³-hybridized carbons (Fsp3) is 0.500. The lowest BCUT2D eigenvalue weighted by Crippen LogP contribution is -2.37. The number of aryl methyl sites for hydroxylation is 1. The summed E-state index contributed by atoms with van der Waals surface area (Å²) in [6.07, 6.45) is 2.41. The topological polar surface area (TPSA) is 50.4 Å². The molecule has 0 saturated carbocycles. The van der Waals surface area contributed by atoms with Crippen molar-refractivity contribution in [2.45, 2.75) is 32.3 Å². The van der Waals surface area contributed by atoms with Gasteiger partial charge in [0, 0.05) is 0 Å². The average molecular weight is 248 g/mol. The highest BCUT2D eigenvalue weighted by atomic mass is 16.7. The molecule has 0 atom stereocenters. The lowest BCUT2D eigenvalue weighted by molar-refractivity contribution is -0.139. The number of hydroxylamine groups is 1. The Hall–Kier alpha value is -1.39. The van der Waals surface area contributed by atoms with Crippen LogP contribution in [0.25, 0.3) is 0 Å². The monoisotopic (exact) mass is 248 g/mol. The van der Waals surface area contributed by atoms with Crippen molar-refractivity contribution in [1.82, 2.24) is 10.8 Å². The third-order valence-corrected chi connectivity index (χ3v) is 3.07. The van der Waals surface area contributed by atoms with Crippen LogP contribution in [0.2, 0.25) is 0 Å². The molecule has 0 bridgehead atoms. The van der Waals surface area contributed by atoms with Gasteiger partial charge >= 0.3 is 0 Å². The van der Waals surface area contributed by atoms with E-state index in [2.05, 4.69) is 10.8 Å². The number of rotatable bonds is 4. The van der Waals surface area contributed by atoms with Crippen molar-refractivity contribution in [3.63, 3.8) is 0 Å². The Kier molecular flexibility index (Phi) is 4.73. The molecule has 4 heteroatoms. The first-order valence-corrected chi connectivity index (χ1v) is 6.45. The van der Waals surface area contributed by atoms with E-state index in [4.69, 9.17) is 4.84 Å². The second-order valence-electron chi connectivity index (χ2n) is 4.76. The maximum atomic E-state index is 11.7. The number of benzene rings is 1. The molecule has 0 radical (unpaired) electrons. The van der Waals surface area contributed by atoms with Gasteiger partial charge in [0.05, 0.1) is 12.5 Å². The Morgan fingerprint density at radius 1 is 1.44 bits per heavy atom. The zero-order valence-corrected chi connectivity index (χ0v) is 10.7. The van der Waals surface area contributed by atoms with Crippen LogP contribution in [0, 0.1) is 6.92 Å². The van der Waals surface area contributed by atoms with Crippen LogP contribution >= 0.6 is 0 Å².